The number of hydrogen-bond donors (Lipinski definition) is 4. The number of halogens is 3. The third kappa shape index (κ3) is 15.0. The Morgan fingerprint density at radius 3 is 1.23 bits per heavy atom. The maximum Gasteiger partial charge on any atom is 0.534 e. The zero-order chi connectivity index (χ0) is 66.2. The molecule has 0 saturated heterocycles. The summed E-state index contributed by atoms with van der Waals surface area (Å²) in [5, 5.41) is 15.0. The molecule has 9 heterocycles. The molecule has 15 rings (SSSR count). The van der Waals surface area contributed by atoms with Crippen LogP contribution in [0.2, 0.25) is 0 Å². The van der Waals surface area contributed by atoms with Gasteiger partial charge in [-0.3, -0.25) is 34.5 Å². The minimum Gasteiger partial charge on any atom is -0.456 e. The Kier molecular flexibility index (Phi) is 18.0. The van der Waals surface area contributed by atoms with Gasteiger partial charge in [0.15, 0.2) is 0 Å². The molecule has 95 heavy (non-hydrogen) atoms. The van der Waals surface area contributed by atoms with Crippen molar-refractivity contribution < 1.29 is 48.6 Å². The topological polar surface area (TPSA) is 270 Å². The second-order valence-electron chi connectivity index (χ2n) is 21.8. The number of Topliss-reactive ketones (excluding diaryl/α,β-unsaturated/α-hetero) is 2. The quantitative estimate of drug-likeness (QED) is 0.0617. The van der Waals surface area contributed by atoms with Crippen LogP contribution in [0.5, 0.6) is 5.75 Å². The van der Waals surface area contributed by atoms with E-state index in [1.165, 1.54) is 31.5 Å². The number of benzene rings is 6. The average Bonchev–Trinajstić information content (AvgIpc) is 1.77. The molecule has 18 nitrogen and oxygen atoms in total. The van der Waals surface area contributed by atoms with Gasteiger partial charge in [-0.15, -0.1) is 0 Å². The van der Waals surface area contributed by atoms with Crippen molar-refractivity contribution in [1.29, 1.82) is 0 Å². The molecule has 0 aliphatic carbocycles. The highest BCUT2D eigenvalue weighted by atomic mass is 32.2. The van der Waals surface area contributed by atoms with Gasteiger partial charge in [0.05, 0.1) is 35.7 Å². The molecule has 472 valence electrons. The number of anilines is 6. The minimum atomic E-state index is -5.76. The average molecular weight is 1290 g/mol. The lowest BCUT2D eigenvalue weighted by Gasteiger charge is -2.10. The maximum absolute atomic E-state index is 12.6. The number of carbonyl (C=O) groups excluding carboxylic acids is 2. The van der Waals surface area contributed by atoms with Gasteiger partial charge in [-0.05, 0) is 145 Å². The summed E-state index contributed by atoms with van der Waals surface area (Å²) in [6.07, 6.45) is 16.1. The summed E-state index contributed by atoms with van der Waals surface area (Å²) >= 11 is 0. The monoisotopic (exact) mass is 1290 g/mol. The Bertz CT molecular complexity index is 5310. The maximum atomic E-state index is 12.6. The third-order valence-corrected chi connectivity index (χ3v) is 15.7. The first-order valence-corrected chi connectivity index (χ1v) is 30.8. The SMILES string of the molecule is CC(=O)Cc1ccc(N)cn1.CC(=O)Cc1ccc(Nc2ccc3cncc(-c4cc5ccccc5o4)c3c2)cn1.Nc1ccc(Nc2ccc3cncc(-c4cc5ccccc5o4)c3c2)cn1.O=S(=O)(Oc1ccc2cncc(-c3cc4ccccc4o3)c2c1)C(F)(F)F. The molecule has 0 spiro atoms. The number of hydrogen-bond acceptors (Lipinski definition) is 18. The van der Waals surface area contributed by atoms with Crippen LogP contribution in [-0.2, 0) is 32.5 Å². The molecule has 6 N–H and O–H groups in total. The zero-order valence-electron chi connectivity index (χ0n) is 50.6. The number of ketones is 2. The summed E-state index contributed by atoms with van der Waals surface area (Å²) in [5.41, 5.74) is 16.1. The van der Waals surface area contributed by atoms with Gasteiger partial charge in [0.1, 0.15) is 57.2 Å². The predicted octanol–water partition coefficient (Wildman–Crippen LogP) is 17.0. The summed E-state index contributed by atoms with van der Waals surface area (Å²) in [7, 11) is -5.76. The van der Waals surface area contributed by atoms with Gasteiger partial charge in [-0.2, -0.15) is 21.6 Å². The van der Waals surface area contributed by atoms with Gasteiger partial charge >= 0.3 is 15.6 Å². The fourth-order valence-corrected chi connectivity index (χ4v) is 10.7. The van der Waals surface area contributed by atoms with E-state index in [4.69, 9.17) is 24.7 Å². The number of para-hydroxylation sites is 3. The van der Waals surface area contributed by atoms with Crippen molar-refractivity contribution in [3.63, 3.8) is 0 Å². The molecule has 0 aliphatic heterocycles. The Hall–Kier alpha value is -12.3. The number of rotatable bonds is 13. The summed E-state index contributed by atoms with van der Waals surface area (Å²) in [4.78, 5) is 47.2. The standard InChI is InChI=1S/C25H19N3O2.C22H16N4O.C18H10F3NO4S.C8H10N2O/c1-16(29)10-19-8-9-21(14-27-19)28-20-7-6-18-13-26-15-23(22(18)12-20)25-11-17-4-2-3-5-24(17)30-25;23-22-8-7-17(12-25-22)26-16-6-5-15-11-24-13-19(18(15)10-16)21-9-14-3-1-2-4-20(14)27-21;19-18(20,21)27(23,24)26-13-6-5-12-9-22-10-15(14(12)8-13)17-7-11-3-1-2-4-16(11)25-17;1-6(11)4-8-3-2-7(9)5-10-8/h2-9,11-15,28H,10H2,1H3;1-13,26H,(H2,23,25);1-10H;2-3,5H,4,9H2,1H3. The van der Waals surface area contributed by atoms with Crippen LogP contribution in [0.25, 0.3) is 99.2 Å². The minimum absolute atomic E-state index is 0.101. The summed E-state index contributed by atoms with van der Waals surface area (Å²) in [6, 6.07) is 56.2. The van der Waals surface area contributed by atoms with Crippen LogP contribution in [0.1, 0.15) is 25.2 Å². The predicted molar refractivity (Wildman–Crippen MR) is 363 cm³/mol. The molecule has 15 aromatic rings. The van der Waals surface area contributed by atoms with E-state index in [1.807, 2.05) is 140 Å². The normalized spacial score (nSPS) is 11.3. The Morgan fingerprint density at radius 2 is 0.842 bits per heavy atom. The molecule has 0 fully saturated rings. The van der Waals surface area contributed by atoms with Gasteiger partial charge < -0.3 is 39.5 Å². The van der Waals surface area contributed by atoms with Crippen molar-refractivity contribution in [3.05, 3.63) is 249 Å². The highest BCUT2D eigenvalue weighted by Crippen LogP contribution is 2.38. The molecule has 6 aromatic carbocycles. The van der Waals surface area contributed by atoms with Gasteiger partial charge in [-0.1, -0.05) is 66.7 Å². The first-order chi connectivity index (χ1) is 45.8. The van der Waals surface area contributed by atoms with E-state index in [9.17, 15) is 31.2 Å². The van der Waals surface area contributed by atoms with E-state index in [0.29, 0.717) is 52.0 Å². The number of aromatic nitrogens is 6. The molecule has 0 atom stereocenters. The second kappa shape index (κ2) is 27.3. The highest BCUT2D eigenvalue weighted by Gasteiger charge is 2.48. The summed E-state index contributed by atoms with van der Waals surface area (Å²) < 4.78 is 82.3. The largest absolute Gasteiger partial charge is 0.534 e. The molecule has 0 bridgehead atoms. The van der Waals surface area contributed by atoms with Crippen molar-refractivity contribution in [2.24, 2.45) is 0 Å². The number of nitrogens with one attached hydrogen (secondary N) is 2. The molecule has 0 aliphatic rings. The fourth-order valence-electron chi connectivity index (χ4n) is 10.3. The van der Waals surface area contributed by atoms with Crippen LogP contribution in [0.4, 0.5) is 47.4 Å². The number of nitrogens with zero attached hydrogens (tertiary/aromatic N) is 6. The summed E-state index contributed by atoms with van der Waals surface area (Å²) in [5.74, 6) is 2.31. The number of nitrogen functional groups attached to an aromatic ring is 2. The Labute approximate surface area is 540 Å². The molecule has 22 heteroatoms. The number of alkyl halides is 3. The van der Waals surface area contributed by atoms with Crippen molar-refractivity contribution in [2.75, 3.05) is 22.1 Å². The first-order valence-electron chi connectivity index (χ1n) is 29.4. The molecule has 9 aromatic heterocycles. The van der Waals surface area contributed by atoms with E-state index in [-0.39, 0.29) is 11.6 Å². The number of pyridine rings is 6. The lowest BCUT2D eigenvalue weighted by Crippen LogP contribution is -2.28. The number of nitrogens with two attached hydrogens (primary N) is 2. The highest BCUT2D eigenvalue weighted by molar-refractivity contribution is 7.88. The van der Waals surface area contributed by atoms with E-state index in [2.05, 4.69) is 62.9 Å². The van der Waals surface area contributed by atoms with Crippen molar-refractivity contribution in [3.8, 4) is 39.7 Å². The molecular formula is C73H55F3N10O8S. The van der Waals surface area contributed by atoms with Crippen LogP contribution < -0.4 is 26.3 Å². The van der Waals surface area contributed by atoms with Crippen molar-refractivity contribution in [1.82, 2.24) is 29.9 Å². The van der Waals surface area contributed by atoms with E-state index >= 15 is 0 Å². The van der Waals surface area contributed by atoms with Gasteiger partial charge in [-0.25, -0.2) is 4.98 Å². The Morgan fingerprint density at radius 1 is 0.442 bits per heavy atom. The van der Waals surface area contributed by atoms with Crippen molar-refractivity contribution >= 4 is 121 Å². The number of furan rings is 3. The molecule has 0 amide bonds. The van der Waals surface area contributed by atoms with E-state index < -0.39 is 21.4 Å². The number of carbonyl (C=O) groups is 2. The van der Waals surface area contributed by atoms with Crippen LogP contribution in [0.15, 0.2) is 251 Å². The molecule has 0 radical (unpaired) electrons. The van der Waals surface area contributed by atoms with Crippen molar-refractivity contribution in [2.45, 2.75) is 32.2 Å². The first kappa shape index (κ1) is 62.9. The molecule has 0 saturated carbocycles. The van der Waals surface area contributed by atoms with Gasteiger partial charge in [0.25, 0.3) is 0 Å². The number of fused-ring (bicyclic) bond motifs is 6. The smallest absolute Gasteiger partial charge is 0.456 e. The third-order valence-electron chi connectivity index (χ3n) is 14.7. The second-order valence-corrected chi connectivity index (χ2v) is 23.4. The molecule has 0 unspecified atom stereocenters. The van der Waals surface area contributed by atoms with Crippen LogP contribution in [0, 0.1) is 0 Å². The van der Waals surface area contributed by atoms with Crippen LogP contribution in [-0.4, -0.2) is 55.4 Å². The van der Waals surface area contributed by atoms with E-state index in [0.717, 1.165) is 112 Å². The van der Waals surface area contributed by atoms with Crippen LogP contribution in [0.3, 0.4) is 0 Å². The lowest BCUT2D eigenvalue weighted by atomic mass is 10.0. The fraction of sp³-hybridized carbons (Fsp3) is 0.0685. The Balaban J connectivity index is 0.000000126. The summed E-state index contributed by atoms with van der Waals surface area (Å²) in [6.45, 7) is 3.11. The van der Waals surface area contributed by atoms with Gasteiger partial charge in [0, 0.05) is 122 Å². The lowest BCUT2D eigenvalue weighted by molar-refractivity contribution is -0.117. The van der Waals surface area contributed by atoms with E-state index in [1.54, 1.807) is 55.8 Å². The van der Waals surface area contributed by atoms with Crippen LogP contribution >= 0.6 is 0 Å². The molecular weight excluding hydrogens is 1230 g/mol. The van der Waals surface area contributed by atoms with Gasteiger partial charge in [0.2, 0.25) is 0 Å². The zero-order valence-corrected chi connectivity index (χ0v) is 51.4.